The number of hydrogen-bond donors (Lipinski definition) is 1. The average Bonchev–Trinajstić information content (AvgIpc) is 3.40. The van der Waals surface area contributed by atoms with Gasteiger partial charge in [-0.2, -0.15) is 5.10 Å². The van der Waals surface area contributed by atoms with Crippen LogP contribution in [0.15, 0.2) is 48.8 Å². The summed E-state index contributed by atoms with van der Waals surface area (Å²) >= 11 is 0. The van der Waals surface area contributed by atoms with Gasteiger partial charge < -0.3 is 14.7 Å². The summed E-state index contributed by atoms with van der Waals surface area (Å²) in [6, 6.07) is 12.0. The van der Waals surface area contributed by atoms with Crippen LogP contribution in [0.3, 0.4) is 0 Å². The van der Waals surface area contributed by atoms with Gasteiger partial charge in [-0.25, -0.2) is 0 Å². The van der Waals surface area contributed by atoms with Gasteiger partial charge in [0, 0.05) is 62.9 Å². The Morgan fingerprint density at radius 3 is 2.60 bits per heavy atom. The van der Waals surface area contributed by atoms with Gasteiger partial charge in [0.25, 0.3) is 5.91 Å². The lowest BCUT2D eigenvalue weighted by atomic mass is 9.95. The lowest BCUT2D eigenvalue weighted by molar-refractivity contribution is -0.137. The van der Waals surface area contributed by atoms with E-state index in [9.17, 15) is 9.59 Å². The topological polar surface area (TPSA) is 85.4 Å². The fraction of sp³-hybridized carbons (Fsp3) is 0.407. The smallest absolute Gasteiger partial charge is 0.271 e. The molecule has 2 aromatic heterocycles. The van der Waals surface area contributed by atoms with Crippen molar-refractivity contribution in [2.75, 3.05) is 44.2 Å². The molecule has 0 aliphatic carbocycles. The number of aromatic amines is 1. The number of benzene rings is 1. The maximum absolute atomic E-state index is 13.4. The summed E-state index contributed by atoms with van der Waals surface area (Å²) in [4.78, 5) is 36.8. The molecule has 2 amide bonds. The molecule has 1 atom stereocenters. The predicted octanol–water partition coefficient (Wildman–Crippen LogP) is 3.29. The lowest BCUT2D eigenvalue weighted by Gasteiger charge is -2.40. The van der Waals surface area contributed by atoms with Crippen LogP contribution in [0.25, 0.3) is 11.3 Å². The van der Waals surface area contributed by atoms with E-state index in [2.05, 4.69) is 52.1 Å². The van der Waals surface area contributed by atoms with Crippen molar-refractivity contribution in [3.63, 3.8) is 0 Å². The van der Waals surface area contributed by atoms with E-state index in [1.165, 1.54) is 16.8 Å². The normalized spacial score (nSPS) is 18.6. The van der Waals surface area contributed by atoms with Crippen LogP contribution >= 0.6 is 0 Å². The molecule has 3 aromatic rings. The van der Waals surface area contributed by atoms with Crippen LogP contribution in [0.5, 0.6) is 0 Å². The monoisotopic (exact) mass is 472 g/mol. The van der Waals surface area contributed by atoms with Gasteiger partial charge in [-0.15, -0.1) is 0 Å². The summed E-state index contributed by atoms with van der Waals surface area (Å²) in [5.74, 6) is -0.0886. The van der Waals surface area contributed by atoms with Gasteiger partial charge in [-0.3, -0.25) is 19.7 Å². The van der Waals surface area contributed by atoms with Crippen molar-refractivity contribution in [3.05, 3.63) is 65.6 Å². The quantitative estimate of drug-likeness (QED) is 0.630. The summed E-state index contributed by atoms with van der Waals surface area (Å²) in [6.45, 7) is 8.45. The fourth-order valence-electron chi connectivity index (χ4n) is 5.11. The van der Waals surface area contributed by atoms with E-state index >= 15 is 0 Å². The van der Waals surface area contributed by atoms with Crippen LogP contribution in [-0.4, -0.2) is 76.1 Å². The number of piperidine rings is 1. The number of piperazine rings is 1. The van der Waals surface area contributed by atoms with Crippen LogP contribution in [-0.2, 0) is 4.79 Å². The Bertz CT molecular complexity index is 1200. The molecule has 0 radical (unpaired) electrons. The summed E-state index contributed by atoms with van der Waals surface area (Å²) in [6.07, 6.45) is 5.08. The Morgan fingerprint density at radius 2 is 1.83 bits per heavy atom. The van der Waals surface area contributed by atoms with E-state index in [1.54, 1.807) is 23.4 Å². The number of rotatable bonds is 4. The van der Waals surface area contributed by atoms with Gasteiger partial charge in [0.05, 0.1) is 11.6 Å². The van der Waals surface area contributed by atoms with E-state index in [4.69, 9.17) is 0 Å². The molecule has 2 fully saturated rings. The zero-order valence-corrected chi connectivity index (χ0v) is 20.4. The SMILES string of the molecule is Cc1ccc(C)c(N2CCN(C(=O)[C@@H]3CCCN(C(=O)c4cc(-c5cccnc5)n[nH]4)C3)CC2)c1. The number of likely N-dealkylation sites (tertiary alicyclic amines) is 1. The van der Waals surface area contributed by atoms with E-state index in [0.717, 1.165) is 31.5 Å². The molecule has 4 heterocycles. The number of nitrogens with zero attached hydrogens (tertiary/aromatic N) is 5. The first kappa shape index (κ1) is 23.1. The lowest BCUT2D eigenvalue weighted by Crippen LogP contribution is -2.53. The minimum absolute atomic E-state index is 0.107. The zero-order chi connectivity index (χ0) is 24.4. The molecule has 182 valence electrons. The highest BCUT2D eigenvalue weighted by molar-refractivity contribution is 5.94. The minimum atomic E-state index is -0.152. The van der Waals surface area contributed by atoms with Gasteiger partial charge in [0.15, 0.2) is 0 Å². The van der Waals surface area contributed by atoms with Crippen molar-refractivity contribution >= 4 is 17.5 Å². The van der Waals surface area contributed by atoms with E-state index in [0.29, 0.717) is 37.6 Å². The largest absolute Gasteiger partial charge is 0.368 e. The Hall–Kier alpha value is -3.68. The van der Waals surface area contributed by atoms with Gasteiger partial charge >= 0.3 is 0 Å². The second kappa shape index (κ2) is 9.90. The molecule has 1 aromatic carbocycles. The number of hydrogen-bond acceptors (Lipinski definition) is 5. The fourth-order valence-corrected chi connectivity index (χ4v) is 5.11. The Balaban J connectivity index is 1.19. The van der Waals surface area contributed by atoms with E-state index in [1.807, 2.05) is 17.0 Å². The van der Waals surface area contributed by atoms with Crippen molar-refractivity contribution in [1.29, 1.82) is 0 Å². The molecule has 2 saturated heterocycles. The first-order chi connectivity index (χ1) is 17.0. The molecule has 0 bridgehead atoms. The average molecular weight is 473 g/mol. The zero-order valence-electron chi connectivity index (χ0n) is 20.4. The number of H-pyrrole nitrogens is 1. The molecular formula is C27H32N6O2. The first-order valence-electron chi connectivity index (χ1n) is 12.4. The summed E-state index contributed by atoms with van der Waals surface area (Å²) in [5, 5.41) is 7.15. The van der Waals surface area contributed by atoms with Gasteiger partial charge in [-0.05, 0) is 62.1 Å². The number of carbonyl (C=O) groups excluding carboxylic acids is 2. The van der Waals surface area contributed by atoms with E-state index < -0.39 is 0 Å². The molecule has 5 rings (SSSR count). The van der Waals surface area contributed by atoms with Crippen LogP contribution in [0.4, 0.5) is 5.69 Å². The number of anilines is 1. The first-order valence-corrected chi connectivity index (χ1v) is 12.4. The molecule has 0 saturated carbocycles. The van der Waals surface area contributed by atoms with Crippen LogP contribution < -0.4 is 4.90 Å². The van der Waals surface area contributed by atoms with Crippen molar-refractivity contribution in [2.24, 2.45) is 5.92 Å². The maximum atomic E-state index is 13.4. The Labute approximate surface area is 205 Å². The van der Waals surface area contributed by atoms with Crippen molar-refractivity contribution in [1.82, 2.24) is 25.0 Å². The Morgan fingerprint density at radius 1 is 1.00 bits per heavy atom. The third kappa shape index (κ3) is 4.92. The molecule has 2 aliphatic heterocycles. The number of carbonyl (C=O) groups is 2. The van der Waals surface area contributed by atoms with Gasteiger partial charge in [0.1, 0.15) is 5.69 Å². The predicted molar refractivity (Wildman–Crippen MR) is 135 cm³/mol. The highest BCUT2D eigenvalue weighted by atomic mass is 16.2. The molecule has 2 aliphatic rings. The highest BCUT2D eigenvalue weighted by Crippen LogP contribution is 2.25. The van der Waals surface area contributed by atoms with Crippen LogP contribution in [0.1, 0.15) is 34.5 Å². The molecule has 8 nitrogen and oxygen atoms in total. The van der Waals surface area contributed by atoms with Crippen molar-refractivity contribution in [2.45, 2.75) is 26.7 Å². The van der Waals surface area contributed by atoms with E-state index in [-0.39, 0.29) is 17.7 Å². The number of nitrogens with one attached hydrogen (secondary N) is 1. The summed E-state index contributed by atoms with van der Waals surface area (Å²) < 4.78 is 0. The van der Waals surface area contributed by atoms with Crippen molar-refractivity contribution < 1.29 is 9.59 Å². The molecule has 35 heavy (non-hydrogen) atoms. The highest BCUT2D eigenvalue weighted by Gasteiger charge is 2.33. The summed E-state index contributed by atoms with van der Waals surface area (Å²) in [5.41, 5.74) is 5.77. The third-order valence-corrected chi connectivity index (χ3v) is 7.12. The second-order valence-corrected chi connectivity index (χ2v) is 9.60. The van der Waals surface area contributed by atoms with Crippen LogP contribution in [0, 0.1) is 19.8 Å². The minimum Gasteiger partial charge on any atom is -0.368 e. The summed E-state index contributed by atoms with van der Waals surface area (Å²) in [7, 11) is 0. The maximum Gasteiger partial charge on any atom is 0.271 e. The van der Waals surface area contributed by atoms with Gasteiger partial charge in [-0.1, -0.05) is 12.1 Å². The van der Waals surface area contributed by atoms with Crippen LogP contribution in [0.2, 0.25) is 0 Å². The number of aryl methyl sites for hydroxylation is 2. The molecule has 0 unspecified atom stereocenters. The molecular weight excluding hydrogens is 440 g/mol. The molecule has 0 spiro atoms. The number of amides is 2. The number of pyridine rings is 1. The standard InChI is InChI=1S/C27H32N6O2/c1-19-7-8-20(2)25(15-19)31-11-13-32(14-12-31)26(34)22-6-4-10-33(18-22)27(35)24-16-23(29-30-24)21-5-3-9-28-17-21/h3,5,7-9,15-17,22H,4,6,10-14,18H2,1-2H3,(H,29,30)/t22-/m1/s1. The Kier molecular flexibility index (Phi) is 6.53. The van der Waals surface area contributed by atoms with Crippen molar-refractivity contribution in [3.8, 4) is 11.3 Å². The second-order valence-electron chi connectivity index (χ2n) is 9.60. The molecule has 1 N–H and O–H groups in total. The third-order valence-electron chi connectivity index (χ3n) is 7.12. The molecule has 8 heteroatoms. The van der Waals surface area contributed by atoms with Gasteiger partial charge in [0.2, 0.25) is 5.91 Å². The number of aromatic nitrogens is 3.